The summed E-state index contributed by atoms with van der Waals surface area (Å²) in [5.41, 5.74) is 3.12. The van der Waals surface area contributed by atoms with E-state index in [0.717, 1.165) is 16.7 Å². The molecule has 5 rings (SSSR count). The standard InChI is InChI=1S/C34H27NO5/c1-22(2)32(37)39-27-18-14-24(15-19-27)34(25-16-20-28(21-17-25)40-33(38)23(3)4)30-13-9-8-12-29(30)31(36)35(34)26-10-6-5-7-11-26/h5-21H,1,3H2,2,4H3. The number of ether oxygens (including phenoxy) is 2. The van der Waals surface area contributed by atoms with Crippen LogP contribution in [0.4, 0.5) is 5.69 Å². The summed E-state index contributed by atoms with van der Waals surface area (Å²) >= 11 is 0. The number of para-hydroxylation sites is 1. The zero-order chi connectivity index (χ0) is 28.4. The van der Waals surface area contributed by atoms with Crippen molar-refractivity contribution in [2.45, 2.75) is 19.4 Å². The van der Waals surface area contributed by atoms with Gasteiger partial charge in [0, 0.05) is 22.4 Å². The van der Waals surface area contributed by atoms with Gasteiger partial charge in [-0.15, -0.1) is 0 Å². The van der Waals surface area contributed by atoms with Crippen LogP contribution in [0.15, 0.2) is 127 Å². The lowest BCUT2D eigenvalue weighted by atomic mass is 9.76. The molecule has 0 atom stereocenters. The first-order valence-electron chi connectivity index (χ1n) is 12.7. The van der Waals surface area contributed by atoms with Crippen molar-refractivity contribution < 1.29 is 23.9 Å². The molecule has 198 valence electrons. The van der Waals surface area contributed by atoms with E-state index in [0.29, 0.717) is 33.9 Å². The third kappa shape index (κ3) is 4.50. The topological polar surface area (TPSA) is 72.9 Å². The number of anilines is 1. The minimum Gasteiger partial charge on any atom is -0.423 e. The van der Waals surface area contributed by atoms with Crippen molar-refractivity contribution in [2.24, 2.45) is 0 Å². The minimum absolute atomic E-state index is 0.155. The molecule has 0 fully saturated rings. The number of fused-ring (bicyclic) bond motifs is 1. The molecule has 6 nitrogen and oxygen atoms in total. The van der Waals surface area contributed by atoms with Gasteiger partial charge in [0.2, 0.25) is 0 Å². The summed E-state index contributed by atoms with van der Waals surface area (Å²) in [7, 11) is 0. The third-order valence-corrected chi connectivity index (χ3v) is 6.76. The Kier molecular flexibility index (Phi) is 6.92. The molecule has 40 heavy (non-hydrogen) atoms. The summed E-state index contributed by atoms with van der Waals surface area (Å²) in [6.07, 6.45) is 0. The molecule has 0 saturated heterocycles. The summed E-state index contributed by atoms with van der Waals surface area (Å²) in [5.74, 6) is -0.475. The zero-order valence-electron chi connectivity index (χ0n) is 22.2. The van der Waals surface area contributed by atoms with Crippen LogP contribution in [-0.2, 0) is 15.1 Å². The number of carbonyl (C=O) groups excluding carboxylic acids is 3. The van der Waals surface area contributed by atoms with Gasteiger partial charge in [0.15, 0.2) is 0 Å². The van der Waals surface area contributed by atoms with Crippen LogP contribution >= 0.6 is 0 Å². The van der Waals surface area contributed by atoms with E-state index in [4.69, 9.17) is 9.47 Å². The molecule has 0 radical (unpaired) electrons. The Labute approximate surface area is 232 Å². The van der Waals surface area contributed by atoms with Crippen molar-refractivity contribution in [1.82, 2.24) is 0 Å². The van der Waals surface area contributed by atoms with Crippen molar-refractivity contribution in [2.75, 3.05) is 4.90 Å². The molecule has 0 aromatic heterocycles. The fraction of sp³-hybridized carbons (Fsp3) is 0.0882. The van der Waals surface area contributed by atoms with Crippen LogP contribution < -0.4 is 14.4 Å². The lowest BCUT2D eigenvalue weighted by Gasteiger charge is -2.40. The summed E-state index contributed by atoms with van der Waals surface area (Å²) in [6, 6.07) is 31.2. The fourth-order valence-electron chi connectivity index (χ4n) is 4.92. The van der Waals surface area contributed by atoms with Crippen molar-refractivity contribution >= 4 is 23.5 Å². The summed E-state index contributed by atoms with van der Waals surface area (Å²) in [5, 5.41) is 0. The van der Waals surface area contributed by atoms with E-state index in [1.807, 2.05) is 78.9 Å². The van der Waals surface area contributed by atoms with E-state index in [1.54, 1.807) is 43.0 Å². The van der Waals surface area contributed by atoms with Gasteiger partial charge in [-0.25, -0.2) is 9.59 Å². The van der Waals surface area contributed by atoms with E-state index in [-0.39, 0.29) is 5.91 Å². The molecule has 0 unspecified atom stereocenters. The molecule has 0 aliphatic carbocycles. The normalized spacial score (nSPS) is 13.3. The van der Waals surface area contributed by atoms with E-state index in [9.17, 15) is 14.4 Å². The number of amides is 1. The van der Waals surface area contributed by atoms with Crippen molar-refractivity contribution in [3.05, 3.63) is 150 Å². The molecule has 0 bridgehead atoms. The molecule has 0 N–H and O–H groups in total. The molecule has 1 heterocycles. The van der Waals surface area contributed by atoms with Crippen LogP contribution in [0.2, 0.25) is 0 Å². The van der Waals surface area contributed by atoms with Gasteiger partial charge in [0.25, 0.3) is 5.91 Å². The van der Waals surface area contributed by atoms with Crippen LogP contribution in [0.25, 0.3) is 0 Å². The largest absolute Gasteiger partial charge is 0.423 e. The van der Waals surface area contributed by atoms with Gasteiger partial charge in [-0.2, -0.15) is 0 Å². The minimum atomic E-state index is -1.08. The monoisotopic (exact) mass is 529 g/mol. The third-order valence-electron chi connectivity index (χ3n) is 6.76. The van der Waals surface area contributed by atoms with Crippen LogP contribution in [0, 0.1) is 0 Å². The van der Waals surface area contributed by atoms with Gasteiger partial charge in [-0.3, -0.25) is 9.69 Å². The average molecular weight is 530 g/mol. The Morgan fingerprint density at radius 1 is 0.650 bits per heavy atom. The first-order chi connectivity index (χ1) is 19.2. The Morgan fingerprint density at radius 3 is 1.57 bits per heavy atom. The molecule has 6 heteroatoms. The van der Waals surface area contributed by atoms with Gasteiger partial charge >= 0.3 is 11.9 Å². The highest BCUT2D eigenvalue weighted by Gasteiger charge is 2.52. The molecule has 1 aliphatic rings. The van der Waals surface area contributed by atoms with Crippen molar-refractivity contribution in [1.29, 1.82) is 0 Å². The molecule has 1 aliphatic heterocycles. The first kappa shape index (κ1) is 26.4. The first-order valence-corrected chi connectivity index (χ1v) is 12.7. The van der Waals surface area contributed by atoms with Gasteiger partial charge in [-0.1, -0.05) is 73.8 Å². The van der Waals surface area contributed by atoms with Gasteiger partial charge < -0.3 is 9.47 Å². The predicted octanol–water partition coefficient (Wildman–Crippen LogP) is 6.60. The summed E-state index contributed by atoms with van der Waals surface area (Å²) in [4.78, 5) is 40.1. The molecule has 0 saturated carbocycles. The number of benzene rings is 4. The number of hydrogen-bond donors (Lipinski definition) is 0. The molecular formula is C34H27NO5. The SMILES string of the molecule is C=C(C)C(=O)Oc1ccc(C2(c3ccc(OC(=O)C(=C)C)cc3)c3ccccc3C(=O)N2c2ccccc2)cc1. The number of rotatable bonds is 7. The fourth-order valence-corrected chi connectivity index (χ4v) is 4.92. The molecule has 1 amide bonds. The van der Waals surface area contributed by atoms with E-state index < -0.39 is 17.5 Å². The maximum absolute atomic E-state index is 14.1. The quantitative estimate of drug-likeness (QED) is 0.153. The second kappa shape index (κ2) is 10.5. The molecule has 0 spiro atoms. The van der Waals surface area contributed by atoms with Gasteiger partial charge in [0.05, 0.1) is 0 Å². The zero-order valence-corrected chi connectivity index (χ0v) is 22.2. The Balaban J connectivity index is 1.73. The van der Waals surface area contributed by atoms with Gasteiger partial charge in [-0.05, 0) is 73.0 Å². The molecule has 4 aromatic rings. The van der Waals surface area contributed by atoms with E-state index >= 15 is 0 Å². The molecular weight excluding hydrogens is 502 g/mol. The highest BCUT2D eigenvalue weighted by Crippen LogP contribution is 2.51. The van der Waals surface area contributed by atoms with Crippen LogP contribution in [0.3, 0.4) is 0 Å². The number of hydrogen-bond acceptors (Lipinski definition) is 5. The van der Waals surface area contributed by atoms with Crippen LogP contribution in [0.5, 0.6) is 11.5 Å². The Morgan fingerprint density at radius 2 is 1.10 bits per heavy atom. The highest BCUT2D eigenvalue weighted by atomic mass is 16.5. The maximum atomic E-state index is 14.1. The van der Waals surface area contributed by atoms with Crippen molar-refractivity contribution in [3.63, 3.8) is 0 Å². The Hall–Kier alpha value is -5.23. The van der Waals surface area contributed by atoms with E-state index in [1.165, 1.54) is 0 Å². The Bertz CT molecular complexity index is 1560. The summed E-state index contributed by atoms with van der Waals surface area (Å²) < 4.78 is 10.9. The lowest BCUT2D eigenvalue weighted by Crippen LogP contribution is -2.46. The summed E-state index contributed by atoms with van der Waals surface area (Å²) in [6.45, 7) is 10.4. The van der Waals surface area contributed by atoms with Crippen molar-refractivity contribution in [3.8, 4) is 11.5 Å². The predicted molar refractivity (Wildman–Crippen MR) is 153 cm³/mol. The van der Waals surface area contributed by atoms with Gasteiger partial charge in [0.1, 0.15) is 17.0 Å². The second-order valence-corrected chi connectivity index (χ2v) is 9.62. The number of esters is 2. The lowest BCUT2D eigenvalue weighted by molar-refractivity contribution is -0.130. The second-order valence-electron chi connectivity index (χ2n) is 9.62. The highest BCUT2D eigenvalue weighted by molar-refractivity contribution is 6.13. The smallest absolute Gasteiger partial charge is 0.338 e. The van der Waals surface area contributed by atoms with E-state index in [2.05, 4.69) is 13.2 Å². The number of carbonyl (C=O) groups is 3. The number of nitrogens with zero attached hydrogens (tertiary/aromatic N) is 1. The van der Waals surface area contributed by atoms with Crippen LogP contribution in [-0.4, -0.2) is 17.8 Å². The average Bonchev–Trinajstić information content (AvgIpc) is 3.23. The molecule has 4 aromatic carbocycles. The van der Waals surface area contributed by atoms with Crippen LogP contribution in [0.1, 0.15) is 40.9 Å². The maximum Gasteiger partial charge on any atom is 0.338 e.